The quantitative estimate of drug-likeness (QED) is 0.574. The molecule has 3 nitrogen and oxygen atoms in total. The number of carbonyl (C=O) groups is 1. The Morgan fingerprint density at radius 3 is 2.61 bits per heavy atom. The highest BCUT2D eigenvalue weighted by molar-refractivity contribution is 6.05. The summed E-state index contributed by atoms with van der Waals surface area (Å²) in [7, 11) is 0. The lowest BCUT2D eigenvalue weighted by atomic mass is 10.0. The van der Waals surface area contributed by atoms with Gasteiger partial charge in [0.05, 0.1) is 6.20 Å². The molecule has 0 unspecified atom stereocenters. The first kappa shape index (κ1) is 12.6. The molecule has 1 aromatic carbocycles. The highest BCUT2D eigenvalue weighted by Crippen LogP contribution is 2.12. The highest BCUT2D eigenvalue weighted by Gasteiger charge is 2.12. The predicted octanol–water partition coefficient (Wildman–Crippen LogP) is 3.64. The van der Waals surface area contributed by atoms with E-state index in [0.717, 1.165) is 6.42 Å². The van der Waals surface area contributed by atoms with Crippen molar-refractivity contribution in [2.45, 2.75) is 32.6 Å². The van der Waals surface area contributed by atoms with Gasteiger partial charge in [-0.3, -0.25) is 4.79 Å². The molecule has 0 amide bonds. The number of hydrogen-bond donors (Lipinski definition) is 0. The lowest BCUT2D eigenvalue weighted by Gasteiger charge is -2.02. The van der Waals surface area contributed by atoms with E-state index in [0.29, 0.717) is 5.56 Å². The Balaban J connectivity index is 2.01. The molecule has 0 saturated heterocycles. The van der Waals surface area contributed by atoms with Crippen LogP contribution < -0.4 is 0 Å². The average molecular weight is 243 g/mol. The van der Waals surface area contributed by atoms with Crippen LogP contribution in [0.5, 0.6) is 0 Å². The Kier molecular flexibility index (Phi) is 4.29. The second-order valence-electron chi connectivity index (χ2n) is 4.32. The summed E-state index contributed by atoms with van der Waals surface area (Å²) in [6.07, 6.45) is 7.63. The summed E-state index contributed by atoms with van der Waals surface area (Å²) in [6, 6.07) is 7.69. The van der Waals surface area contributed by atoms with E-state index in [1.807, 2.05) is 24.3 Å². The Bertz CT molecular complexity index is 486. The minimum atomic E-state index is -0.167. The molecule has 0 spiro atoms. The van der Waals surface area contributed by atoms with Crippen molar-refractivity contribution < 1.29 is 9.21 Å². The molecule has 0 saturated carbocycles. The second kappa shape index (κ2) is 6.15. The Labute approximate surface area is 107 Å². The molecule has 0 atom stereocenters. The number of nitrogens with zero attached hydrogens (tertiary/aromatic N) is 1. The molecule has 0 aliphatic carbocycles. The Morgan fingerprint density at radius 2 is 2.00 bits per heavy atom. The fraction of sp³-hybridized carbons (Fsp3) is 0.333. The topological polar surface area (TPSA) is 43.1 Å². The van der Waals surface area contributed by atoms with E-state index in [4.69, 9.17) is 4.42 Å². The first-order valence-corrected chi connectivity index (χ1v) is 6.34. The zero-order valence-electron chi connectivity index (χ0n) is 10.6. The van der Waals surface area contributed by atoms with Crippen LogP contribution >= 0.6 is 0 Å². The molecule has 0 aliphatic rings. The molecule has 3 heteroatoms. The lowest BCUT2D eigenvalue weighted by molar-refractivity contribution is 0.100. The van der Waals surface area contributed by atoms with E-state index >= 15 is 0 Å². The van der Waals surface area contributed by atoms with Crippen LogP contribution in [0.2, 0.25) is 0 Å². The van der Waals surface area contributed by atoms with Gasteiger partial charge in [-0.2, -0.15) is 0 Å². The molecule has 0 bridgehead atoms. The van der Waals surface area contributed by atoms with Gasteiger partial charge in [0, 0.05) is 5.56 Å². The smallest absolute Gasteiger partial charge is 0.268 e. The van der Waals surface area contributed by atoms with Crippen LogP contribution in [0.1, 0.15) is 48.0 Å². The molecule has 0 fully saturated rings. The van der Waals surface area contributed by atoms with Gasteiger partial charge in [-0.15, -0.1) is 0 Å². The first-order valence-electron chi connectivity index (χ1n) is 6.34. The largest absolute Gasteiger partial charge is 0.442 e. The zero-order chi connectivity index (χ0) is 12.8. The SMILES string of the molecule is CCCCCc1ccc(C(=O)c2ncco2)cc1. The molecule has 0 aliphatic heterocycles. The average Bonchev–Trinajstić information content (AvgIpc) is 2.93. The van der Waals surface area contributed by atoms with Crippen molar-refractivity contribution in [3.05, 3.63) is 53.7 Å². The molecule has 2 rings (SSSR count). The van der Waals surface area contributed by atoms with Crippen molar-refractivity contribution in [3.63, 3.8) is 0 Å². The number of aryl methyl sites for hydroxylation is 1. The minimum Gasteiger partial charge on any atom is -0.442 e. The lowest BCUT2D eigenvalue weighted by Crippen LogP contribution is -2.01. The molecule has 1 aromatic heterocycles. The zero-order valence-corrected chi connectivity index (χ0v) is 10.6. The third kappa shape index (κ3) is 3.06. The summed E-state index contributed by atoms with van der Waals surface area (Å²) in [4.78, 5) is 15.8. The highest BCUT2D eigenvalue weighted by atomic mass is 16.3. The number of benzene rings is 1. The summed E-state index contributed by atoms with van der Waals surface area (Å²) in [5.74, 6) is -0.0196. The van der Waals surface area contributed by atoms with Crippen molar-refractivity contribution in [2.24, 2.45) is 0 Å². The van der Waals surface area contributed by atoms with Crippen molar-refractivity contribution >= 4 is 5.78 Å². The normalized spacial score (nSPS) is 10.5. The number of unbranched alkanes of at least 4 members (excludes halogenated alkanes) is 2. The third-order valence-corrected chi connectivity index (χ3v) is 2.91. The van der Waals surface area contributed by atoms with Gasteiger partial charge in [-0.25, -0.2) is 4.98 Å². The summed E-state index contributed by atoms with van der Waals surface area (Å²) in [6.45, 7) is 2.19. The summed E-state index contributed by atoms with van der Waals surface area (Å²) < 4.78 is 5.00. The van der Waals surface area contributed by atoms with Crippen molar-refractivity contribution in [1.29, 1.82) is 0 Å². The molecule has 18 heavy (non-hydrogen) atoms. The van der Waals surface area contributed by atoms with Gasteiger partial charge in [-0.05, 0) is 18.4 Å². The standard InChI is InChI=1S/C15H17NO2/c1-2-3-4-5-12-6-8-13(9-7-12)14(17)15-16-10-11-18-15/h6-11H,2-5H2,1H3. The summed E-state index contributed by atoms with van der Waals surface area (Å²) >= 11 is 0. The maximum Gasteiger partial charge on any atom is 0.268 e. The maximum atomic E-state index is 11.9. The Hall–Kier alpha value is -1.90. The van der Waals surface area contributed by atoms with E-state index in [2.05, 4.69) is 11.9 Å². The van der Waals surface area contributed by atoms with Gasteiger partial charge < -0.3 is 4.42 Å². The number of rotatable bonds is 6. The number of aromatic nitrogens is 1. The Morgan fingerprint density at radius 1 is 1.22 bits per heavy atom. The van der Waals surface area contributed by atoms with Crippen LogP contribution in [0.3, 0.4) is 0 Å². The van der Waals surface area contributed by atoms with Gasteiger partial charge in [0.1, 0.15) is 6.26 Å². The van der Waals surface area contributed by atoms with Crippen molar-refractivity contribution in [1.82, 2.24) is 4.98 Å². The van der Waals surface area contributed by atoms with Crippen LogP contribution in [0.4, 0.5) is 0 Å². The van der Waals surface area contributed by atoms with Crippen LogP contribution in [-0.2, 0) is 6.42 Å². The molecule has 1 heterocycles. The van der Waals surface area contributed by atoms with E-state index in [9.17, 15) is 4.79 Å². The molecule has 0 radical (unpaired) electrons. The van der Waals surface area contributed by atoms with Crippen LogP contribution in [0.25, 0.3) is 0 Å². The fourth-order valence-corrected chi connectivity index (χ4v) is 1.86. The molecular formula is C15H17NO2. The van der Waals surface area contributed by atoms with Gasteiger partial charge in [-0.1, -0.05) is 44.0 Å². The number of carbonyl (C=O) groups excluding carboxylic acids is 1. The molecule has 2 aromatic rings. The summed E-state index contributed by atoms with van der Waals surface area (Å²) in [5, 5.41) is 0. The summed E-state index contributed by atoms with van der Waals surface area (Å²) in [5.41, 5.74) is 1.89. The number of oxazole rings is 1. The number of hydrogen-bond acceptors (Lipinski definition) is 3. The van der Waals surface area contributed by atoms with Crippen LogP contribution in [0, 0.1) is 0 Å². The predicted molar refractivity (Wildman–Crippen MR) is 69.6 cm³/mol. The monoisotopic (exact) mass is 243 g/mol. The van der Waals surface area contributed by atoms with E-state index < -0.39 is 0 Å². The minimum absolute atomic E-state index is 0.147. The van der Waals surface area contributed by atoms with Gasteiger partial charge >= 0.3 is 0 Å². The van der Waals surface area contributed by atoms with Gasteiger partial charge in [0.15, 0.2) is 0 Å². The number of ketones is 1. The van der Waals surface area contributed by atoms with Crippen LogP contribution in [-0.4, -0.2) is 10.8 Å². The van der Waals surface area contributed by atoms with Crippen molar-refractivity contribution in [2.75, 3.05) is 0 Å². The van der Waals surface area contributed by atoms with Crippen molar-refractivity contribution in [3.8, 4) is 0 Å². The maximum absolute atomic E-state index is 11.9. The molecule has 0 N–H and O–H groups in total. The fourth-order valence-electron chi connectivity index (χ4n) is 1.86. The van der Waals surface area contributed by atoms with E-state index in [-0.39, 0.29) is 11.7 Å². The molecule has 94 valence electrons. The third-order valence-electron chi connectivity index (χ3n) is 2.91. The van der Waals surface area contributed by atoms with E-state index in [1.54, 1.807) is 0 Å². The van der Waals surface area contributed by atoms with Gasteiger partial charge in [0.25, 0.3) is 5.89 Å². The molecular weight excluding hydrogens is 226 g/mol. The van der Waals surface area contributed by atoms with Crippen LogP contribution in [0.15, 0.2) is 41.1 Å². The van der Waals surface area contributed by atoms with Gasteiger partial charge in [0.2, 0.25) is 5.78 Å². The van der Waals surface area contributed by atoms with E-state index in [1.165, 1.54) is 37.3 Å². The second-order valence-corrected chi connectivity index (χ2v) is 4.32. The first-order chi connectivity index (χ1) is 8.81.